The van der Waals surface area contributed by atoms with Crippen LogP contribution in [0.4, 0.5) is 11.4 Å². The molecule has 0 bridgehead atoms. The minimum atomic E-state index is -0.466. The zero-order valence-corrected chi connectivity index (χ0v) is 13.0. The number of carbonyl (C=O) groups is 1. The third kappa shape index (κ3) is 4.61. The van der Waals surface area contributed by atoms with E-state index < -0.39 is 5.91 Å². The minimum Gasteiger partial charge on any atom is -0.497 e. The number of nitriles is 1. The van der Waals surface area contributed by atoms with Crippen molar-refractivity contribution in [3.8, 4) is 11.8 Å². The van der Waals surface area contributed by atoms with Crippen molar-refractivity contribution in [1.82, 2.24) is 0 Å². The molecule has 2 aromatic carbocycles. The molecule has 0 radical (unpaired) electrons. The van der Waals surface area contributed by atoms with Crippen LogP contribution in [-0.4, -0.2) is 13.0 Å². The highest BCUT2D eigenvalue weighted by Gasteiger charge is 2.09. The number of benzene rings is 2. The second kappa shape index (κ2) is 7.66. The van der Waals surface area contributed by atoms with Gasteiger partial charge in [-0.05, 0) is 31.2 Å². The van der Waals surface area contributed by atoms with Gasteiger partial charge in [-0.2, -0.15) is 5.26 Å². The predicted molar refractivity (Wildman–Crippen MR) is 90.1 cm³/mol. The molecule has 5 heteroatoms. The Kier molecular flexibility index (Phi) is 5.37. The second-order valence-corrected chi connectivity index (χ2v) is 4.87. The molecule has 0 saturated heterocycles. The highest BCUT2D eigenvalue weighted by molar-refractivity contribution is 6.06. The van der Waals surface area contributed by atoms with E-state index in [1.54, 1.807) is 25.3 Å². The Morgan fingerprint density at radius 3 is 2.57 bits per heavy atom. The quantitative estimate of drug-likeness (QED) is 0.655. The van der Waals surface area contributed by atoms with Crippen molar-refractivity contribution >= 4 is 17.3 Å². The molecule has 0 saturated carbocycles. The van der Waals surface area contributed by atoms with Gasteiger partial charge < -0.3 is 15.4 Å². The van der Waals surface area contributed by atoms with Crippen LogP contribution >= 0.6 is 0 Å². The van der Waals surface area contributed by atoms with Gasteiger partial charge >= 0.3 is 0 Å². The van der Waals surface area contributed by atoms with Gasteiger partial charge in [-0.3, -0.25) is 4.79 Å². The van der Waals surface area contributed by atoms with Crippen molar-refractivity contribution in [2.24, 2.45) is 0 Å². The number of rotatable bonds is 5. The summed E-state index contributed by atoms with van der Waals surface area (Å²) in [4.78, 5) is 12.1. The van der Waals surface area contributed by atoms with Crippen LogP contribution in [0, 0.1) is 18.3 Å². The van der Waals surface area contributed by atoms with Crippen LogP contribution in [0.3, 0.4) is 0 Å². The van der Waals surface area contributed by atoms with E-state index in [0.29, 0.717) is 11.4 Å². The minimum absolute atomic E-state index is 0.0200. The number of nitrogens with zero attached hydrogens (tertiary/aromatic N) is 1. The summed E-state index contributed by atoms with van der Waals surface area (Å²) in [6.45, 7) is 1.96. The van der Waals surface area contributed by atoms with Crippen LogP contribution in [0.5, 0.6) is 5.75 Å². The van der Waals surface area contributed by atoms with Gasteiger partial charge in [0.2, 0.25) is 0 Å². The smallest absolute Gasteiger partial charge is 0.267 e. The molecule has 116 valence electrons. The summed E-state index contributed by atoms with van der Waals surface area (Å²) in [6, 6.07) is 16.4. The third-order valence-electron chi connectivity index (χ3n) is 3.13. The van der Waals surface area contributed by atoms with Gasteiger partial charge in [-0.1, -0.05) is 23.8 Å². The molecule has 0 aliphatic carbocycles. The number of carbonyl (C=O) groups excluding carboxylic acids is 1. The van der Waals surface area contributed by atoms with Gasteiger partial charge in [-0.25, -0.2) is 0 Å². The Balaban J connectivity index is 2.07. The van der Waals surface area contributed by atoms with E-state index in [-0.39, 0.29) is 5.57 Å². The number of hydrogen-bond acceptors (Lipinski definition) is 4. The van der Waals surface area contributed by atoms with E-state index in [1.807, 2.05) is 43.3 Å². The zero-order valence-electron chi connectivity index (χ0n) is 13.0. The average molecular weight is 307 g/mol. The average Bonchev–Trinajstić information content (AvgIpc) is 2.57. The van der Waals surface area contributed by atoms with E-state index in [1.165, 1.54) is 6.20 Å². The summed E-state index contributed by atoms with van der Waals surface area (Å²) in [5.74, 6) is 0.220. The van der Waals surface area contributed by atoms with Crippen LogP contribution in [0.15, 0.2) is 60.3 Å². The molecule has 5 nitrogen and oxygen atoms in total. The van der Waals surface area contributed by atoms with Crippen molar-refractivity contribution < 1.29 is 9.53 Å². The number of hydrogen-bond donors (Lipinski definition) is 2. The standard InChI is InChI=1S/C18H17N3O2/c1-13-6-8-15(9-7-13)21-18(22)14(11-19)12-20-16-4-3-5-17(10-16)23-2/h3-10,12,20H,1-2H3,(H,21,22)/b14-12-. The summed E-state index contributed by atoms with van der Waals surface area (Å²) >= 11 is 0. The monoisotopic (exact) mass is 307 g/mol. The molecular formula is C18H17N3O2. The molecule has 0 atom stereocenters. The molecule has 1 amide bonds. The molecule has 2 N–H and O–H groups in total. The summed E-state index contributed by atoms with van der Waals surface area (Å²) < 4.78 is 5.12. The summed E-state index contributed by atoms with van der Waals surface area (Å²) in [6.07, 6.45) is 1.37. The van der Waals surface area contributed by atoms with Gasteiger partial charge in [0, 0.05) is 23.6 Å². The SMILES string of the molecule is COc1cccc(N/C=C(/C#N)C(=O)Nc2ccc(C)cc2)c1. The maximum Gasteiger partial charge on any atom is 0.267 e. The maximum atomic E-state index is 12.1. The normalized spacial score (nSPS) is 10.6. The first-order valence-corrected chi connectivity index (χ1v) is 7.01. The van der Waals surface area contributed by atoms with E-state index in [9.17, 15) is 4.79 Å². The van der Waals surface area contributed by atoms with E-state index in [0.717, 1.165) is 11.3 Å². The third-order valence-corrected chi connectivity index (χ3v) is 3.13. The van der Waals surface area contributed by atoms with E-state index in [2.05, 4.69) is 10.6 Å². The molecular weight excluding hydrogens is 290 g/mol. The number of anilines is 2. The van der Waals surface area contributed by atoms with Crippen molar-refractivity contribution in [3.05, 3.63) is 65.9 Å². The summed E-state index contributed by atoms with van der Waals surface area (Å²) in [7, 11) is 1.57. The first kappa shape index (κ1) is 16.1. The number of ether oxygens (including phenoxy) is 1. The van der Waals surface area contributed by atoms with Crippen molar-refractivity contribution in [3.63, 3.8) is 0 Å². The first-order valence-electron chi connectivity index (χ1n) is 7.01. The van der Waals surface area contributed by atoms with Crippen molar-refractivity contribution in [1.29, 1.82) is 5.26 Å². The number of nitrogens with one attached hydrogen (secondary N) is 2. The fourth-order valence-electron chi connectivity index (χ4n) is 1.85. The fraction of sp³-hybridized carbons (Fsp3) is 0.111. The number of methoxy groups -OCH3 is 1. The van der Waals surface area contributed by atoms with Crippen LogP contribution < -0.4 is 15.4 Å². The highest BCUT2D eigenvalue weighted by Crippen LogP contribution is 2.17. The lowest BCUT2D eigenvalue weighted by Gasteiger charge is -2.06. The van der Waals surface area contributed by atoms with Crippen LogP contribution in [0.1, 0.15) is 5.56 Å². The second-order valence-electron chi connectivity index (χ2n) is 4.87. The fourth-order valence-corrected chi connectivity index (χ4v) is 1.85. The topological polar surface area (TPSA) is 74.1 Å². The number of amides is 1. The summed E-state index contributed by atoms with van der Waals surface area (Å²) in [5.41, 5.74) is 2.44. The van der Waals surface area contributed by atoms with Crippen molar-refractivity contribution in [2.75, 3.05) is 17.7 Å². The highest BCUT2D eigenvalue weighted by atomic mass is 16.5. The molecule has 0 spiro atoms. The Bertz CT molecular complexity index is 759. The lowest BCUT2D eigenvalue weighted by Crippen LogP contribution is -2.14. The summed E-state index contributed by atoms with van der Waals surface area (Å²) in [5, 5.41) is 14.8. The molecule has 2 aromatic rings. The van der Waals surface area contributed by atoms with Gasteiger partial charge in [0.25, 0.3) is 5.91 Å². The van der Waals surface area contributed by atoms with E-state index >= 15 is 0 Å². The molecule has 0 aliphatic rings. The van der Waals surface area contributed by atoms with Crippen LogP contribution in [0.2, 0.25) is 0 Å². The Hall–Kier alpha value is -3.26. The zero-order chi connectivity index (χ0) is 16.7. The van der Waals surface area contributed by atoms with Gasteiger partial charge in [0.1, 0.15) is 17.4 Å². The van der Waals surface area contributed by atoms with Gasteiger partial charge in [-0.15, -0.1) is 0 Å². The molecule has 0 heterocycles. The van der Waals surface area contributed by atoms with Gasteiger partial charge in [0.05, 0.1) is 7.11 Å². The van der Waals surface area contributed by atoms with Crippen molar-refractivity contribution in [2.45, 2.75) is 6.92 Å². The van der Waals surface area contributed by atoms with Crippen LogP contribution in [0.25, 0.3) is 0 Å². The molecule has 0 aromatic heterocycles. The Morgan fingerprint density at radius 1 is 1.17 bits per heavy atom. The lowest BCUT2D eigenvalue weighted by atomic mass is 10.2. The molecule has 0 fully saturated rings. The van der Waals surface area contributed by atoms with Crippen LogP contribution in [-0.2, 0) is 4.79 Å². The molecule has 23 heavy (non-hydrogen) atoms. The predicted octanol–water partition coefficient (Wildman–Crippen LogP) is 3.46. The largest absolute Gasteiger partial charge is 0.497 e. The number of aryl methyl sites for hydroxylation is 1. The van der Waals surface area contributed by atoms with E-state index in [4.69, 9.17) is 10.00 Å². The maximum absolute atomic E-state index is 12.1. The molecule has 0 aliphatic heterocycles. The lowest BCUT2D eigenvalue weighted by molar-refractivity contribution is -0.112. The molecule has 2 rings (SSSR count). The molecule has 0 unspecified atom stereocenters. The Labute approximate surface area is 135 Å². The van der Waals surface area contributed by atoms with Gasteiger partial charge in [0.15, 0.2) is 0 Å². The first-order chi connectivity index (χ1) is 11.1. The Morgan fingerprint density at radius 2 is 1.91 bits per heavy atom.